The highest BCUT2D eigenvalue weighted by atomic mass is 79.9. The molecular weight excluding hydrogens is 281 g/mol. The lowest BCUT2D eigenvalue weighted by molar-refractivity contribution is 0.628. The summed E-state index contributed by atoms with van der Waals surface area (Å²) in [5.74, 6) is -0.303. The second-order valence-electron chi connectivity index (χ2n) is 4.08. The summed E-state index contributed by atoms with van der Waals surface area (Å²) in [6.45, 7) is 3.91. The molecule has 0 aliphatic rings. The third-order valence-corrected chi connectivity index (χ3v) is 3.83. The summed E-state index contributed by atoms with van der Waals surface area (Å²) < 4.78 is 14.4. The van der Waals surface area contributed by atoms with Crippen molar-refractivity contribution in [3.05, 3.63) is 51.7 Å². The van der Waals surface area contributed by atoms with E-state index in [4.69, 9.17) is 5.73 Å². The molecule has 2 aromatic rings. The average molecular weight is 294 g/mol. The monoisotopic (exact) mass is 293 g/mol. The molecule has 2 aromatic carbocycles. The van der Waals surface area contributed by atoms with Crippen molar-refractivity contribution < 1.29 is 4.39 Å². The Bertz CT molecular complexity index is 579. The molecule has 0 bridgehead atoms. The van der Waals surface area contributed by atoms with Crippen LogP contribution >= 0.6 is 15.9 Å². The first-order chi connectivity index (χ1) is 8.00. The number of anilines is 1. The van der Waals surface area contributed by atoms with Crippen molar-refractivity contribution in [3.8, 4) is 11.1 Å². The third kappa shape index (κ3) is 2.20. The zero-order valence-corrected chi connectivity index (χ0v) is 11.3. The van der Waals surface area contributed by atoms with Crippen LogP contribution in [0.5, 0.6) is 0 Å². The minimum atomic E-state index is -0.303. The molecule has 0 spiro atoms. The smallest absolute Gasteiger partial charge is 0.125 e. The van der Waals surface area contributed by atoms with Gasteiger partial charge in [0, 0.05) is 10.2 Å². The summed E-state index contributed by atoms with van der Waals surface area (Å²) in [4.78, 5) is 0. The van der Waals surface area contributed by atoms with E-state index >= 15 is 0 Å². The Labute approximate surface area is 109 Å². The quantitative estimate of drug-likeness (QED) is 0.772. The van der Waals surface area contributed by atoms with Crippen LogP contribution in [0.1, 0.15) is 11.1 Å². The molecule has 88 valence electrons. The number of halogens is 2. The molecular formula is C14H13BrFN. The minimum absolute atomic E-state index is 0.303. The van der Waals surface area contributed by atoms with E-state index in [1.165, 1.54) is 12.1 Å². The molecule has 2 N–H and O–H groups in total. The average Bonchev–Trinajstić information content (AvgIpc) is 2.27. The van der Waals surface area contributed by atoms with E-state index in [1.54, 1.807) is 0 Å². The molecule has 1 nitrogen and oxygen atoms in total. The van der Waals surface area contributed by atoms with Crippen molar-refractivity contribution in [1.82, 2.24) is 0 Å². The van der Waals surface area contributed by atoms with Crippen molar-refractivity contribution in [2.45, 2.75) is 13.8 Å². The second-order valence-corrected chi connectivity index (χ2v) is 4.93. The first kappa shape index (κ1) is 12.1. The molecule has 0 radical (unpaired) electrons. The third-order valence-electron chi connectivity index (χ3n) is 2.97. The summed E-state index contributed by atoms with van der Waals surface area (Å²) in [5, 5.41) is 0. The summed E-state index contributed by atoms with van der Waals surface area (Å²) in [7, 11) is 0. The van der Waals surface area contributed by atoms with Gasteiger partial charge in [-0.1, -0.05) is 28.1 Å². The number of benzene rings is 2. The largest absolute Gasteiger partial charge is 0.398 e. The maximum absolute atomic E-state index is 13.4. The lowest BCUT2D eigenvalue weighted by atomic mass is 9.95. The topological polar surface area (TPSA) is 26.0 Å². The Morgan fingerprint density at radius 1 is 1.06 bits per heavy atom. The van der Waals surface area contributed by atoms with Crippen LogP contribution in [0.25, 0.3) is 11.1 Å². The Morgan fingerprint density at radius 3 is 2.47 bits per heavy atom. The van der Waals surface area contributed by atoms with E-state index < -0.39 is 0 Å². The molecule has 0 aliphatic heterocycles. The standard InChI is InChI=1S/C14H13BrFN/c1-8-11(4-3-5-13(8)15)12-6-10(16)7-14(17)9(12)2/h3-7H,17H2,1-2H3. The van der Waals surface area contributed by atoms with Gasteiger partial charge in [0.05, 0.1) is 0 Å². The fraction of sp³-hybridized carbons (Fsp3) is 0.143. The molecule has 0 saturated carbocycles. The van der Waals surface area contributed by atoms with E-state index in [9.17, 15) is 4.39 Å². The van der Waals surface area contributed by atoms with Gasteiger partial charge in [0.15, 0.2) is 0 Å². The van der Waals surface area contributed by atoms with Crippen molar-refractivity contribution in [2.24, 2.45) is 0 Å². The van der Waals surface area contributed by atoms with Gasteiger partial charge < -0.3 is 5.73 Å². The van der Waals surface area contributed by atoms with Crippen molar-refractivity contribution in [2.75, 3.05) is 5.73 Å². The highest BCUT2D eigenvalue weighted by molar-refractivity contribution is 9.10. The van der Waals surface area contributed by atoms with Crippen LogP contribution in [0.3, 0.4) is 0 Å². The van der Waals surface area contributed by atoms with Gasteiger partial charge >= 0.3 is 0 Å². The Hall–Kier alpha value is -1.35. The minimum Gasteiger partial charge on any atom is -0.398 e. The van der Waals surface area contributed by atoms with Crippen LogP contribution in [0.4, 0.5) is 10.1 Å². The molecule has 0 aromatic heterocycles. The molecule has 0 aliphatic carbocycles. The SMILES string of the molecule is Cc1c(N)cc(F)cc1-c1cccc(Br)c1C. The van der Waals surface area contributed by atoms with Gasteiger partial charge in [-0.3, -0.25) is 0 Å². The van der Waals surface area contributed by atoms with E-state index in [1.807, 2.05) is 32.0 Å². The lowest BCUT2D eigenvalue weighted by Crippen LogP contribution is -1.96. The van der Waals surface area contributed by atoms with Gasteiger partial charge in [0.1, 0.15) is 5.82 Å². The maximum atomic E-state index is 13.4. The zero-order valence-electron chi connectivity index (χ0n) is 9.72. The van der Waals surface area contributed by atoms with Crippen LogP contribution in [0, 0.1) is 19.7 Å². The lowest BCUT2D eigenvalue weighted by Gasteiger charge is -2.12. The molecule has 0 heterocycles. The summed E-state index contributed by atoms with van der Waals surface area (Å²) in [6.07, 6.45) is 0. The van der Waals surface area contributed by atoms with E-state index in [2.05, 4.69) is 15.9 Å². The first-order valence-corrected chi connectivity index (χ1v) is 6.11. The molecule has 0 unspecified atom stereocenters. The van der Waals surface area contributed by atoms with E-state index in [0.29, 0.717) is 5.69 Å². The predicted octanol–water partition coefficient (Wildman–Crippen LogP) is 4.45. The van der Waals surface area contributed by atoms with Gasteiger partial charge in [-0.25, -0.2) is 4.39 Å². The Morgan fingerprint density at radius 2 is 1.76 bits per heavy atom. The molecule has 0 amide bonds. The van der Waals surface area contributed by atoms with Crippen molar-refractivity contribution in [1.29, 1.82) is 0 Å². The van der Waals surface area contributed by atoms with Crippen molar-refractivity contribution in [3.63, 3.8) is 0 Å². The van der Waals surface area contributed by atoms with Gasteiger partial charge in [0.25, 0.3) is 0 Å². The van der Waals surface area contributed by atoms with Crippen molar-refractivity contribution >= 4 is 21.6 Å². The number of hydrogen-bond donors (Lipinski definition) is 1. The Kier molecular flexibility index (Phi) is 3.20. The zero-order chi connectivity index (χ0) is 12.6. The highest BCUT2D eigenvalue weighted by Gasteiger charge is 2.10. The van der Waals surface area contributed by atoms with Crippen LogP contribution < -0.4 is 5.73 Å². The van der Waals surface area contributed by atoms with Crippen LogP contribution in [-0.2, 0) is 0 Å². The van der Waals surface area contributed by atoms with Crippen LogP contribution in [0.15, 0.2) is 34.8 Å². The molecule has 0 atom stereocenters. The molecule has 2 rings (SSSR count). The van der Waals surface area contributed by atoms with Gasteiger partial charge in [-0.2, -0.15) is 0 Å². The predicted molar refractivity (Wildman–Crippen MR) is 73.4 cm³/mol. The highest BCUT2D eigenvalue weighted by Crippen LogP contribution is 2.33. The van der Waals surface area contributed by atoms with Gasteiger partial charge in [-0.05, 0) is 54.3 Å². The normalized spacial score (nSPS) is 10.6. The molecule has 0 saturated heterocycles. The van der Waals surface area contributed by atoms with E-state index in [-0.39, 0.29) is 5.82 Å². The first-order valence-electron chi connectivity index (χ1n) is 5.32. The summed E-state index contributed by atoms with van der Waals surface area (Å²) >= 11 is 3.48. The maximum Gasteiger partial charge on any atom is 0.125 e. The van der Waals surface area contributed by atoms with Gasteiger partial charge in [0.2, 0.25) is 0 Å². The number of nitrogen functional groups attached to an aromatic ring is 1. The number of hydrogen-bond acceptors (Lipinski definition) is 1. The second kappa shape index (κ2) is 4.49. The number of rotatable bonds is 1. The molecule has 3 heteroatoms. The summed E-state index contributed by atoms with van der Waals surface area (Å²) in [6, 6.07) is 8.76. The summed E-state index contributed by atoms with van der Waals surface area (Å²) in [5.41, 5.74) is 10.1. The van der Waals surface area contributed by atoms with Crippen LogP contribution in [0.2, 0.25) is 0 Å². The van der Waals surface area contributed by atoms with Gasteiger partial charge in [-0.15, -0.1) is 0 Å². The van der Waals surface area contributed by atoms with Crippen LogP contribution in [-0.4, -0.2) is 0 Å². The Balaban J connectivity index is 2.73. The van der Waals surface area contributed by atoms with E-state index in [0.717, 1.165) is 26.7 Å². The number of nitrogens with two attached hydrogens (primary N) is 1. The fourth-order valence-electron chi connectivity index (χ4n) is 1.88. The molecule has 0 fully saturated rings. The molecule has 17 heavy (non-hydrogen) atoms. The fourth-order valence-corrected chi connectivity index (χ4v) is 2.25.